The summed E-state index contributed by atoms with van der Waals surface area (Å²) >= 11 is 0. The number of nitrogens with one attached hydrogen (secondary N) is 1. The van der Waals surface area contributed by atoms with Crippen LogP contribution in [0.2, 0.25) is 0 Å². The smallest absolute Gasteiger partial charge is 0.242 e. The summed E-state index contributed by atoms with van der Waals surface area (Å²) in [5.74, 6) is 1.58. The van der Waals surface area contributed by atoms with Crippen molar-refractivity contribution in [3.8, 4) is 5.88 Å². The molecular weight excluding hydrogens is 230 g/mol. The summed E-state index contributed by atoms with van der Waals surface area (Å²) in [4.78, 5) is 12.3. The maximum Gasteiger partial charge on any atom is 0.242 e. The molecule has 0 radical (unpaired) electrons. The molecule has 2 aromatic rings. The molecule has 2 aromatic heterocycles. The molecule has 2 rings (SSSR count). The van der Waals surface area contributed by atoms with Crippen molar-refractivity contribution in [3.63, 3.8) is 0 Å². The lowest BCUT2D eigenvalue weighted by Gasteiger charge is -2.11. The Morgan fingerprint density at radius 2 is 2.00 bits per heavy atom. The average Bonchev–Trinajstić information content (AvgIpc) is 2.40. The van der Waals surface area contributed by atoms with Crippen molar-refractivity contribution in [1.82, 2.24) is 15.0 Å². The van der Waals surface area contributed by atoms with Gasteiger partial charge in [0.05, 0.1) is 7.11 Å². The quantitative estimate of drug-likeness (QED) is 0.846. The van der Waals surface area contributed by atoms with E-state index in [-0.39, 0.29) is 0 Å². The number of nitrogens with two attached hydrogens (primary N) is 1. The first-order valence-corrected chi connectivity index (χ1v) is 5.51. The summed E-state index contributed by atoms with van der Waals surface area (Å²) in [6, 6.07) is 3.85. The molecule has 3 N–H and O–H groups in total. The van der Waals surface area contributed by atoms with Crippen molar-refractivity contribution in [2.45, 2.75) is 13.5 Å². The van der Waals surface area contributed by atoms with Crippen LogP contribution in [0.25, 0.3) is 0 Å². The van der Waals surface area contributed by atoms with E-state index in [9.17, 15) is 0 Å². The summed E-state index contributed by atoms with van der Waals surface area (Å²) in [5.41, 5.74) is 7.41. The summed E-state index contributed by atoms with van der Waals surface area (Å²) in [6.07, 6.45) is 3.48. The normalized spacial score (nSPS) is 10.1. The topological polar surface area (TPSA) is 86.0 Å². The summed E-state index contributed by atoms with van der Waals surface area (Å²) in [5, 5.41) is 3.16. The van der Waals surface area contributed by atoms with Gasteiger partial charge in [0.25, 0.3) is 0 Å². The van der Waals surface area contributed by atoms with Crippen LogP contribution < -0.4 is 15.8 Å². The number of rotatable bonds is 4. The Morgan fingerprint density at radius 3 is 2.67 bits per heavy atom. The number of hydrogen-bond acceptors (Lipinski definition) is 6. The van der Waals surface area contributed by atoms with Crippen LogP contribution in [-0.2, 0) is 6.54 Å². The van der Waals surface area contributed by atoms with Gasteiger partial charge in [-0.2, -0.15) is 4.98 Å². The highest BCUT2D eigenvalue weighted by atomic mass is 16.5. The lowest BCUT2D eigenvalue weighted by atomic mass is 10.2. The Balaban J connectivity index is 2.17. The minimum Gasteiger partial charge on any atom is -0.479 e. The average molecular weight is 245 g/mol. The predicted molar refractivity (Wildman–Crippen MR) is 69.3 cm³/mol. The number of aryl methyl sites for hydroxylation is 1. The molecule has 6 nitrogen and oxygen atoms in total. The minimum absolute atomic E-state index is 0.389. The monoisotopic (exact) mass is 245 g/mol. The highest BCUT2D eigenvalue weighted by molar-refractivity contribution is 5.66. The first kappa shape index (κ1) is 12.1. The number of ether oxygens (including phenoxy) is 1. The first-order valence-electron chi connectivity index (χ1n) is 5.51. The van der Waals surface area contributed by atoms with E-state index in [1.165, 1.54) is 7.11 Å². The Kier molecular flexibility index (Phi) is 3.57. The molecule has 0 aliphatic rings. The van der Waals surface area contributed by atoms with Crippen LogP contribution in [0.1, 0.15) is 11.4 Å². The van der Waals surface area contributed by atoms with E-state index < -0.39 is 0 Å². The lowest BCUT2D eigenvalue weighted by molar-refractivity contribution is 0.398. The van der Waals surface area contributed by atoms with Crippen molar-refractivity contribution in [3.05, 3.63) is 35.9 Å². The molecule has 6 heteroatoms. The molecule has 0 saturated heterocycles. The van der Waals surface area contributed by atoms with Gasteiger partial charge in [0.15, 0.2) is 5.82 Å². The summed E-state index contributed by atoms with van der Waals surface area (Å²) in [6.45, 7) is 2.41. The Bertz CT molecular complexity index is 529. The third-order valence-corrected chi connectivity index (χ3v) is 2.43. The van der Waals surface area contributed by atoms with Crippen molar-refractivity contribution in [2.75, 3.05) is 18.2 Å². The first-order chi connectivity index (χ1) is 8.70. The largest absolute Gasteiger partial charge is 0.479 e. The second kappa shape index (κ2) is 5.31. The number of methoxy groups -OCH3 is 1. The number of pyridine rings is 1. The SMILES string of the molecule is COc1nc(C)nc(NCc2ccncc2)c1N. The van der Waals surface area contributed by atoms with Crippen LogP contribution in [-0.4, -0.2) is 22.1 Å². The molecule has 0 aliphatic heterocycles. The molecule has 0 bridgehead atoms. The minimum atomic E-state index is 0.389. The highest BCUT2D eigenvalue weighted by Crippen LogP contribution is 2.25. The van der Waals surface area contributed by atoms with Gasteiger partial charge < -0.3 is 15.8 Å². The van der Waals surface area contributed by atoms with Crippen molar-refractivity contribution in [2.24, 2.45) is 0 Å². The number of nitrogen functional groups attached to an aromatic ring is 1. The number of nitrogens with zero attached hydrogens (tertiary/aromatic N) is 3. The van der Waals surface area contributed by atoms with Crippen LogP contribution in [0.4, 0.5) is 11.5 Å². The Morgan fingerprint density at radius 1 is 1.28 bits per heavy atom. The van der Waals surface area contributed by atoms with Gasteiger partial charge in [-0.3, -0.25) is 4.98 Å². The van der Waals surface area contributed by atoms with Gasteiger partial charge >= 0.3 is 0 Å². The Labute approximate surface area is 105 Å². The van der Waals surface area contributed by atoms with E-state index in [1.807, 2.05) is 12.1 Å². The van der Waals surface area contributed by atoms with E-state index in [1.54, 1.807) is 19.3 Å². The van der Waals surface area contributed by atoms with Gasteiger partial charge in [0.1, 0.15) is 11.5 Å². The molecule has 18 heavy (non-hydrogen) atoms. The summed E-state index contributed by atoms with van der Waals surface area (Å²) in [7, 11) is 1.53. The fourth-order valence-electron chi connectivity index (χ4n) is 1.53. The van der Waals surface area contributed by atoms with Crippen molar-refractivity contribution < 1.29 is 4.74 Å². The zero-order valence-electron chi connectivity index (χ0n) is 10.3. The number of aromatic nitrogens is 3. The van der Waals surface area contributed by atoms with E-state index in [2.05, 4.69) is 20.3 Å². The molecule has 0 aromatic carbocycles. The van der Waals surface area contributed by atoms with E-state index in [0.29, 0.717) is 29.8 Å². The van der Waals surface area contributed by atoms with Crippen LogP contribution in [0, 0.1) is 6.92 Å². The molecule has 0 atom stereocenters. The van der Waals surface area contributed by atoms with Crippen LogP contribution in [0.3, 0.4) is 0 Å². The summed E-state index contributed by atoms with van der Waals surface area (Å²) < 4.78 is 5.09. The highest BCUT2D eigenvalue weighted by Gasteiger charge is 2.09. The van der Waals surface area contributed by atoms with Gasteiger partial charge in [-0.05, 0) is 24.6 Å². The molecular formula is C12H15N5O. The van der Waals surface area contributed by atoms with Gasteiger partial charge in [-0.25, -0.2) is 4.98 Å². The lowest BCUT2D eigenvalue weighted by Crippen LogP contribution is -2.08. The molecule has 0 spiro atoms. The zero-order valence-corrected chi connectivity index (χ0v) is 10.3. The number of hydrogen-bond donors (Lipinski definition) is 2. The number of anilines is 2. The maximum atomic E-state index is 5.90. The van der Waals surface area contributed by atoms with E-state index >= 15 is 0 Å². The third kappa shape index (κ3) is 2.65. The van der Waals surface area contributed by atoms with E-state index in [4.69, 9.17) is 10.5 Å². The van der Waals surface area contributed by atoms with Gasteiger partial charge in [0.2, 0.25) is 5.88 Å². The molecule has 0 fully saturated rings. The van der Waals surface area contributed by atoms with Gasteiger partial charge in [0, 0.05) is 18.9 Å². The fraction of sp³-hybridized carbons (Fsp3) is 0.250. The van der Waals surface area contributed by atoms with Gasteiger partial charge in [-0.15, -0.1) is 0 Å². The van der Waals surface area contributed by atoms with Crippen molar-refractivity contribution >= 4 is 11.5 Å². The van der Waals surface area contributed by atoms with Crippen LogP contribution in [0.5, 0.6) is 5.88 Å². The zero-order chi connectivity index (χ0) is 13.0. The molecule has 0 saturated carbocycles. The van der Waals surface area contributed by atoms with Crippen molar-refractivity contribution in [1.29, 1.82) is 0 Å². The molecule has 0 aliphatic carbocycles. The molecule has 0 unspecified atom stereocenters. The predicted octanol–water partition coefficient (Wildman–Crippen LogP) is 1.38. The van der Waals surface area contributed by atoms with Gasteiger partial charge in [-0.1, -0.05) is 0 Å². The molecule has 2 heterocycles. The van der Waals surface area contributed by atoms with Crippen LogP contribution >= 0.6 is 0 Å². The second-order valence-corrected chi connectivity index (χ2v) is 3.75. The second-order valence-electron chi connectivity index (χ2n) is 3.75. The molecule has 94 valence electrons. The molecule has 0 amide bonds. The fourth-order valence-corrected chi connectivity index (χ4v) is 1.53. The maximum absolute atomic E-state index is 5.90. The van der Waals surface area contributed by atoms with Crippen LogP contribution in [0.15, 0.2) is 24.5 Å². The Hall–Kier alpha value is -2.37. The van der Waals surface area contributed by atoms with E-state index in [0.717, 1.165) is 5.56 Å². The third-order valence-electron chi connectivity index (χ3n) is 2.43. The standard InChI is InChI=1S/C12H15N5O/c1-8-16-11(10(13)12(17-8)18-2)15-7-9-3-5-14-6-4-9/h3-6H,7,13H2,1-2H3,(H,15,16,17).